The molecule has 0 aliphatic heterocycles. The third kappa shape index (κ3) is 3.90. The van der Waals surface area contributed by atoms with Gasteiger partial charge in [0, 0.05) is 10.0 Å². The average Bonchev–Trinajstić information content (AvgIpc) is 3.17. The van der Waals surface area contributed by atoms with Crippen LogP contribution in [-0.2, 0) is 6.54 Å². The van der Waals surface area contributed by atoms with Crippen molar-refractivity contribution in [3.63, 3.8) is 0 Å². The van der Waals surface area contributed by atoms with Gasteiger partial charge in [0.2, 0.25) is 0 Å². The molecule has 0 fully saturated rings. The number of amides is 1. The van der Waals surface area contributed by atoms with E-state index < -0.39 is 0 Å². The van der Waals surface area contributed by atoms with Gasteiger partial charge >= 0.3 is 0 Å². The van der Waals surface area contributed by atoms with E-state index in [0.29, 0.717) is 17.2 Å². The van der Waals surface area contributed by atoms with Crippen molar-refractivity contribution in [3.8, 4) is 0 Å². The highest BCUT2D eigenvalue weighted by molar-refractivity contribution is 9.10. The number of aryl methyl sites for hydroxylation is 1. The van der Waals surface area contributed by atoms with Crippen molar-refractivity contribution in [2.45, 2.75) is 20.4 Å². The Morgan fingerprint density at radius 3 is 2.57 bits per heavy atom. The SMILES string of the molecule is Cc1nn(Cc2ccc(C(=O)Nc3nc4ccc(Br)cc4s3)cc2)c(C)c1Br. The summed E-state index contributed by atoms with van der Waals surface area (Å²) in [7, 11) is 0. The molecule has 0 aliphatic carbocycles. The van der Waals surface area contributed by atoms with E-state index >= 15 is 0 Å². The monoisotopic (exact) mass is 518 g/mol. The molecule has 0 unspecified atom stereocenters. The smallest absolute Gasteiger partial charge is 0.257 e. The molecule has 0 radical (unpaired) electrons. The first-order valence-electron chi connectivity index (χ1n) is 8.56. The number of fused-ring (bicyclic) bond motifs is 1. The van der Waals surface area contributed by atoms with Crippen LogP contribution < -0.4 is 5.32 Å². The second-order valence-corrected chi connectivity index (χ2v) is 9.16. The molecule has 28 heavy (non-hydrogen) atoms. The highest BCUT2D eigenvalue weighted by Crippen LogP contribution is 2.28. The van der Waals surface area contributed by atoms with Crippen molar-refractivity contribution in [3.05, 3.63) is 73.9 Å². The van der Waals surface area contributed by atoms with Crippen LogP contribution in [0.15, 0.2) is 51.4 Å². The van der Waals surface area contributed by atoms with Crippen LogP contribution in [0.2, 0.25) is 0 Å². The summed E-state index contributed by atoms with van der Waals surface area (Å²) >= 11 is 8.46. The highest BCUT2D eigenvalue weighted by atomic mass is 79.9. The van der Waals surface area contributed by atoms with Gasteiger partial charge in [-0.05, 0) is 65.7 Å². The highest BCUT2D eigenvalue weighted by Gasteiger charge is 2.12. The molecule has 1 amide bonds. The fourth-order valence-corrected chi connectivity index (χ4v) is 4.58. The van der Waals surface area contributed by atoms with Gasteiger partial charge in [0.1, 0.15) is 0 Å². The first-order chi connectivity index (χ1) is 13.4. The molecule has 4 rings (SSSR count). The summed E-state index contributed by atoms with van der Waals surface area (Å²) < 4.78 is 5.00. The Labute approximate surface area is 183 Å². The Bertz CT molecular complexity index is 1180. The number of nitrogens with one attached hydrogen (secondary N) is 1. The summed E-state index contributed by atoms with van der Waals surface area (Å²) in [6.07, 6.45) is 0. The Hall–Kier alpha value is -2.03. The summed E-state index contributed by atoms with van der Waals surface area (Å²) in [6.45, 7) is 4.66. The Morgan fingerprint density at radius 1 is 1.14 bits per heavy atom. The van der Waals surface area contributed by atoms with Crippen molar-refractivity contribution >= 4 is 64.5 Å². The van der Waals surface area contributed by atoms with E-state index in [1.54, 1.807) is 0 Å². The molecule has 2 heterocycles. The molecule has 142 valence electrons. The van der Waals surface area contributed by atoms with Crippen LogP contribution in [0.3, 0.4) is 0 Å². The van der Waals surface area contributed by atoms with Gasteiger partial charge in [-0.1, -0.05) is 39.4 Å². The molecule has 8 heteroatoms. The molecule has 0 aliphatic rings. The second-order valence-electron chi connectivity index (χ2n) is 6.42. The number of rotatable bonds is 4. The number of benzene rings is 2. The van der Waals surface area contributed by atoms with Gasteiger partial charge in [-0.25, -0.2) is 4.98 Å². The molecular weight excluding hydrogens is 504 g/mol. The molecule has 0 atom stereocenters. The minimum Gasteiger partial charge on any atom is -0.298 e. The first kappa shape index (κ1) is 19.3. The number of nitrogens with zero attached hydrogens (tertiary/aromatic N) is 3. The number of carbonyl (C=O) groups excluding carboxylic acids is 1. The molecule has 0 bridgehead atoms. The minimum absolute atomic E-state index is 0.168. The lowest BCUT2D eigenvalue weighted by Gasteiger charge is -2.06. The lowest BCUT2D eigenvalue weighted by Crippen LogP contribution is -2.12. The molecule has 0 saturated carbocycles. The summed E-state index contributed by atoms with van der Waals surface area (Å²) in [4.78, 5) is 17.0. The third-order valence-electron chi connectivity index (χ3n) is 4.41. The molecule has 4 aromatic rings. The van der Waals surface area contributed by atoms with E-state index in [-0.39, 0.29) is 5.91 Å². The van der Waals surface area contributed by atoms with Crippen LogP contribution in [0.5, 0.6) is 0 Å². The predicted molar refractivity (Wildman–Crippen MR) is 120 cm³/mol. The Kier molecular flexibility index (Phi) is 5.35. The van der Waals surface area contributed by atoms with Gasteiger partial charge in [0.05, 0.1) is 32.6 Å². The number of hydrogen-bond donors (Lipinski definition) is 1. The molecule has 0 saturated heterocycles. The number of hydrogen-bond acceptors (Lipinski definition) is 4. The normalized spacial score (nSPS) is 11.1. The first-order valence-corrected chi connectivity index (χ1v) is 11.0. The van der Waals surface area contributed by atoms with Crippen molar-refractivity contribution < 1.29 is 4.79 Å². The number of thiazole rings is 1. The van der Waals surface area contributed by atoms with Crippen LogP contribution in [0.4, 0.5) is 5.13 Å². The van der Waals surface area contributed by atoms with E-state index in [1.807, 2.05) is 61.0 Å². The molecule has 1 N–H and O–H groups in total. The predicted octanol–water partition coefficient (Wildman–Crippen LogP) is 5.94. The van der Waals surface area contributed by atoms with E-state index in [1.165, 1.54) is 11.3 Å². The maximum Gasteiger partial charge on any atom is 0.257 e. The maximum atomic E-state index is 12.6. The van der Waals surface area contributed by atoms with E-state index in [9.17, 15) is 4.79 Å². The molecule has 2 aromatic heterocycles. The topological polar surface area (TPSA) is 59.8 Å². The maximum absolute atomic E-state index is 12.6. The summed E-state index contributed by atoms with van der Waals surface area (Å²) in [5, 5.41) is 8.00. The second kappa shape index (κ2) is 7.77. The number of halogens is 2. The molecule has 2 aromatic carbocycles. The molecule has 5 nitrogen and oxygen atoms in total. The largest absolute Gasteiger partial charge is 0.298 e. The molecular formula is C20H16Br2N4OS. The lowest BCUT2D eigenvalue weighted by molar-refractivity contribution is 0.102. The fraction of sp³-hybridized carbons (Fsp3) is 0.150. The fourth-order valence-electron chi connectivity index (χ4n) is 2.88. The Morgan fingerprint density at radius 2 is 1.89 bits per heavy atom. The zero-order valence-corrected chi connectivity index (χ0v) is 19.2. The zero-order chi connectivity index (χ0) is 19.8. The van der Waals surface area contributed by atoms with Crippen molar-refractivity contribution in [2.75, 3.05) is 5.32 Å². The van der Waals surface area contributed by atoms with Gasteiger partial charge in [-0.15, -0.1) is 0 Å². The zero-order valence-electron chi connectivity index (χ0n) is 15.2. The van der Waals surface area contributed by atoms with E-state index in [2.05, 4.69) is 47.3 Å². The van der Waals surface area contributed by atoms with Crippen molar-refractivity contribution in [1.29, 1.82) is 0 Å². The van der Waals surface area contributed by atoms with Gasteiger partial charge in [-0.2, -0.15) is 5.10 Å². The Balaban J connectivity index is 1.48. The van der Waals surface area contributed by atoms with Crippen LogP contribution in [-0.4, -0.2) is 20.7 Å². The number of anilines is 1. The number of aromatic nitrogens is 3. The average molecular weight is 520 g/mol. The van der Waals surface area contributed by atoms with E-state index in [0.717, 1.165) is 36.1 Å². The van der Waals surface area contributed by atoms with Crippen LogP contribution in [0.1, 0.15) is 27.3 Å². The summed E-state index contributed by atoms with van der Waals surface area (Å²) in [6, 6.07) is 13.4. The van der Waals surface area contributed by atoms with Crippen LogP contribution >= 0.6 is 43.2 Å². The number of carbonyl (C=O) groups is 1. The quantitative estimate of drug-likeness (QED) is 0.363. The van der Waals surface area contributed by atoms with Crippen LogP contribution in [0.25, 0.3) is 10.2 Å². The van der Waals surface area contributed by atoms with Crippen molar-refractivity contribution in [1.82, 2.24) is 14.8 Å². The summed E-state index contributed by atoms with van der Waals surface area (Å²) in [5.74, 6) is -0.168. The van der Waals surface area contributed by atoms with Gasteiger partial charge in [0.15, 0.2) is 5.13 Å². The standard InChI is InChI=1S/C20H16Br2N4OS/c1-11-18(22)12(2)26(25-11)10-13-3-5-14(6-4-13)19(27)24-20-23-16-8-7-15(21)9-17(16)28-20/h3-9H,10H2,1-2H3,(H,23,24,27). The minimum atomic E-state index is -0.168. The van der Waals surface area contributed by atoms with E-state index in [4.69, 9.17) is 0 Å². The molecule has 0 spiro atoms. The van der Waals surface area contributed by atoms with Gasteiger partial charge < -0.3 is 0 Å². The third-order valence-corrected chi connectivity index (χ3v) is 6.99. The lowest BCUT2D eigenvalue weighted by atomic mass is 10.1. The van der Waals surface area contributed by atoms with Crippen molar-refractivity contribution in [2.24, 2.45) is 0 Å². The summed E-state index contributed by atoms with van der Waals surface area (Å²) in [5.41, 5.74) is 4.60. The van der Waals surface area contributed by atoms with Gasteiger partial charge in [-0.3, -0.25) is 14.8 Å². The van der Waals surface area contributed by atoms with Crippen LogP contribution in [0, 0.1) is 13.8 Å². The van der Waals surface area contributed by atoms with Gasteiger partial charge in [0.25, 0.3) is 5.91 Å².